The molecule has 1 aromatic heterocycles. The molecule has 4 heteroatoms. The third kappa shape index (κ3) is 3.31. The second kappa shape index (κ2) is 6.19. The molecular formula is C13H13BrN2S. The Kier molecular flexibility index (Phi) is 4.59. The molecule has 17 heavy (non-hydrogen) atoms. The average molecular weight is 309 g/mol. The predicted molar refractivity (Wildman–Crippen MR) is 76.0 cm³/mol. The number of hydrogen-bond donors (Lipinski definition) is 1. The van der Waals surface area contributed by atoms with E-state index in [1.165, 1.54) is 10.5 Å². The van der Waals surface area contributed by atoms with Crippen LogP contribution in [0.4, 0.5) is 0 Å². The highest BCUT2D eigenvalue weighted by molar-refractivity contribution is 9.10. The van der Waals surface area contributed by atoms with E-state index < -0.39 is 0 Å². The van der Waals surface area contributed by atoms with Gasteiger partial charge < -0.3 is 5.73 Å². The molecule has 0 aliphatic heterocycles. The maximum atomic E-state index is 5.86. The Morgan fingerprint density at radius 1 is 1.18 bits per heavy atom. The van der Waals surface area contributed by atoms with Crippen LogP contribution >= 0.6 is 27.7 Å². The van der Waals surface area contributed by atoms with Crippen LogP contribution < -0.4 is 5.73 Å². The van der Waals surface area contributed by atoms with Gasteiger partial charge >= 0.3 is 0 Å². The van der Waals surface area contributed by atoms with Crippen molar-refractivity contribution in [1.82, 2.24) is 4.98 Å². The van der Waals surface area contributed by atoms with Gasteiger partial charge in [-0.05, 0) is 23.8 Å². The van der Waals surface area contributed by atoms with Gasteiger partial charge in [0.05, 0.1) is 0 Å². The van der Waals surface area contributed by atoms with Crippen LogP contribution in [0, 0.1) is 0 Å². The zero-order valence-corrected chi connectivity index (χ0v) is 11.6. The van der Waals surface area contributed by atoms with E-state index in [1.54, 1.807) is 24.2 Å². The fourth-order valence-corrected chi connectivity index (χ4v) is 3.30. The van der Waals surface area contributed by atoms with E-state index in [1.807, 2.05) is 30.3 Å². The summed E-state index contributed by atoms with van der Waals surface area (Å²) in [5.41, 5.74) is 7.10. The fourth-order valence-electron chi connectivity index (χ4n) is 1.56. The van der Waals surface area contributed by atoms with Gasteiger partial charge in [0.2, 0.25) is 0 Å². The first-order valence-corrected chi connectivity index (χ1v) is 6.99. The molecule has 2 N–H and O–H groups in total. The van der Waals surface area contributed by atoms with Crippen LogP contribution in [0.2, 0.25) is 0 Å². The molecule has 0 aliphatic rings. The minimum absolute atomic E-state index is 0.257. The summed E-state index contributed by atoms with van der Waals surface area (Å²) in [4.78, 5) is 5.20. The van der Waals surface area contributed by atoms with Crippen LogP contribution in [-0.4, -0.2) is 11.5 Å². The van der Waals surface area contributed by atoms with Crippen molar-refractivity contribution in [1.29, 1.82) is 0 Å². The lowest BCUT2D eigenvalue weighted by Gasteiger charge is -2.16. The van der Waals surface area contributed by atoms with E-state index in [0.717, 1.165) is 4.47 Å². The van der Waals surface area contributed by atoms with Crippen LogP contribution in [0.5, 0.6) is 0 Å². The number of aromatic nitrogens is 1. The molecule has 0 bridgehead atoms. The summed E-state index contributed by atoms with van der Waals surface area (Å²) in [6, 6.07) is 12.2. The van der Waals surface area contributed by atoms with E-state index in [0.29, 0.717) is 6.54 Å². The number of nitrogens with two attached hydrogens (primary N) is 1. The highest BCUT2D eigenvalue weighted by Crippen LogP contribution is 2.37. The highest BCUT2D eigenvalue weighted by atomic mass is 79.9. The minimum Gasteiger partial charge on any atom is -0.329 e. The van der Waals surface area contributed by atoms with E-state index in [9.17, 15) is 0 Å². The van der Waals surface area contributed by atoms with Gasteiger partial charge in [-0.25, -0.2) is 0 Å². The van der Waals surface area contributed by atoms with Crippen molar-refractivity contribution >= 4 is 27.7 Å². The molecule has 2 aromatic rings. The lowest BCUT2D eigenvalue weighted by molar-refractivity contribution is 0.935. The van der Waals surface area contributed by atoms with Gasteiger partial charge in [-0.3, -0.25) is 4.98 Å². The molecule has 0 spiro atoms. The number of benzene rings is 1. The van der Waals surface area contributed by atoms with Crippen LogP contribution in [0.15, 0.2) is 58.2 Å². The van der Waals surface area contributed by atoms with Gasteiger partial charge in [0, 0.05) is 33.6 Å². The molecule has 0 saturated heterocycles. The van der Waals surface area contributed by atoms with Crippen molar-refractivity contribution in [3.05, 3.63) is 58.8 Å². The van der Waals surface area contributed by atoms with E-state index in [2.05, 4.69) is 27.0 Å². The standard InChI is InChI=1S/C13H13BrN2S/c14-12-4-2-1-3-11(12)13(9-15)17-10-5-7-16-8-6-10/h1-8,13H,9,15H2. The molecule has 0 aliphatic carbocycles. The molecule has 2 nitrogen and oxygen atoms in total. The van der Waals surface area contributed by atoms with Gasteiger partial charge in [0.1, 0.15) is 0 Å². The first-order chi connectivity index (χ1) is 8.31. The number of nitrogens with zero attached hydrogens (tertiary/aromatic N) is 1. The third-order valence-electron chi connectivity index (χ3n) is 2.39. The summed E-state index contributed by atoms with van der Waals surface area (Å²) < 4.78 is 1.11. The van der Waals surface area contributed by atoms with Crippen LogP contribution in [0.1, 0.15) is 10.8 Å². The van der Waals surface area contributed by atoms with Gasteiger partial charge in [-0.2, -0.15) is 0 Å². The molecule has 88 valence electrons. The lowest BCUT2D eigenvalue weighted by atomic mass is 10.1. The minimum atomic E-state index is 0.257. The molecule has 1 atom stereocenters. The predicted octanol–water partition coefficient (Wildman–Crippen LogP) is 3.64. The Labute approximate surface area is 114 Å². The summed E-state index contributed by atoms with van der Waals surface area (Å²) in [6.45, 7) is 0.607. The maximum absolute atomic E-state index is 5.86. The molecule has 0 fully saturated rings. The van der Waals surface area contributed by atoms with Crippen LogP contribution in [0.25, 0.3) is 0 Å². The van der Waals surface area contributed by atoms with E-state index in [-0.39, 0.29) is 5.25 Å². The molecule has 0 saturated carbocycles. The van der Waals surface area contributed by atoms with Crippen molar-refractivity contribution in [3.63, 3.8) is 0 Å². The Morgan fingerprint density at radius 3 is 2.53 bits per heavy atom. The molecule has 0 amide bonds. The van der Waals surface area contributed by atoms with Crippen molar-refractivity contribution in [2.75, 3.05) is 6.54 Å². The number of hydrogen-bond acceptors (Lipinski definition) is 3. The van der Waals surface area contributed by atoms with Crippen molar-refractivity contribution in [2.24, 2.45) is 5.73 Å². The topological polar surface area (TPSA) is 38.9 Å². The summed E-state index contributed by atoms with van der Waals surface area (Å²) in [5, 5.41) is 0.257. The highest BCUT2D eigenvalue weighted by Gasteiger charge is 2.13. The molecule has 0 radical (unpaired) electrons. The maximum Gasteiger partial charge on any atom is 0.0478 e. The van der Waals surface area contributed by atoms with Crippen molar-refractivity contribution in [2.45, 2.75) is 10.1 Å². The zero-order valence-electron chi connectivity index (χ0n) is 9.21. The second-order valence-electron chi connectivity index (χ2n) is 3.55. The summed E-state index contributed by atoms with van der Waals surface area (Å²) in [5.74, 6) is 0. The van der Waals surface area contributed by atoms with Gasteiger partial charge in [0.15, 0.2) is 0 Å². The summed E-state index contributed by atoms with van der Waals surface area (Å²) >= 11 is 5.33. The van der Waals surface area contributed by atoms with Crippen LogP contribution in [0.3, 0.4) is 0 Å². The molecule has 1 aromatic carbocycles. The zero-order chi connectivity index (χ0) is 12.1. The van der Waals surface area contributed by atoms with E-state index in [4.69, 9.17) is 5.73 Å². The molecule has 1 heterocycles. The van der Waals surface area contributed by atoms with Crippen molar-refractivity contribution in [3.8, 4) is 0 Å². The van der Waals surface area contributed by atoms with Crippen LogP contribution in [-0.2, 0) is 0 Å². The summed E-state index contributed by atoms with van der Waals surface area (Å²) in [7, 11) is 0. The average Bonchev–Trinajstić information content (AvgIpc) is 2.38. The third-order valence-corrected chi connectivity index (χ3v) is 4.39. The second-order valence-corrected chi connectivity index (χ2v) is 5.68. The fraction of sp³-hybridized carbons (Fsp3) is 0.154. The monoisotopic (exact) mass is 308 g/mol. The smallest absolute Gasteiger partial charge is 0.0478 e. The largest absolute Gasteiger partial charge is 0.329 e. The van der Waals surface area contributed by atoms with E-state index >= 15 is 0 Å². The van der Waals surface area contributed by atoms with Gasteiger partial charge in [-0.15, -0.1) is 11.8 Å². The Morgan fingerprint density at radius 2 is 1.88 bits per heavy atom. The number of thioether (sulfide) groups is 1. The first-order valence-electron chi connectivity index (χ1n) is 5.32. The lowest BCUT2D eigenvalue weighted by Crippen LogP contribution is -2.09. The summed E-state index contributed by atoms with van der Waals surface area (Å²) in [6.07, 6.45) is 3.60. The first kappa shape index (κ1) is 12.6. The number of halogens is 1. The molecule has 1 unspecified atom stereocenters. The van der Waals surface area contributed by atoms with Crippen molar-refractivity contribution < 1.29 is 0 Å². The normalized spacial score (nSPS) is 12.4. The number of pyridine rings is 1. The quantitative estimate of drug-likeness (QED) is 0.877. The van der Waals surface area contributed by atoms with Gasteiger partial charge in [-0.1, -0.05) is 34.1 Å². The number of rotatable bonds is 4. The Bertz CT molecular complexity index is 476. The SMILES string of the molecule is NCC(Sc1ccncc1)c1ccccc1Br. The Hall–Kier alpha value is -0.840. The van der Waals surface area contributed by atoms with Gasteiger partial charge in [0.25, 0.3) is 0 Å². The Balaban J connectivity index is 2.21. The molecular weight excluding hydrogens is 296 g/mol. The molecule has 2 rings (SSSR count).